The number of benzene rings is 1. The summed E-state index contributed by atoms with van der Waals surface area (Å²) in [6, 6.07) is 8.06. The number of aromatic amines is 2. The summed E-state index contributed by atoms with van der Waals surface area (Å²) in [6.45, 7) is 0. The van der Waals surface area contributed by atoms with Crippen LogP contribution >= 0.6 is 34.8 Å². The highest BCUT2D eigenvalue weighted by Crippen LogP contribution is 2.15. The zero-order chi connectivity index (χ0) is 9.26. The Morgan fingerprint density at radius 2 is 1.85 bits per heavy atom. The number of nitrogens with one attached hydrogen (secondary N) is 2. The van der Waals surface area contributed by atoms with Crippen molar-refractivity contribution in [1.82, 2.24) is 15.2 Å². The molecule has 0 atom stereocenters. The van der Waals surface area contributed by atoms with Crippen LogP contribution in [0.15, 0.2) is 24.3 Å². The third kappa shape index (κ3) is 1.97. The minimum Gasteiger partial charge on any atom is -0.282 e. The van der Waals surface area contributed by atoms with E-state index in [2.05, 4.69) is 37.8 Å². The van der Waals surface area contributed by atoms with Crippen LogP contribution in [0, 0.1) is 8.34 Å². The first-order valence-corrected chi connectivity index (χ1v) is 5.15. The summed E-state index contributed by atoms with van der Waals surface area (Å²) in [6.07, 6.45) is 0. The maximum atomic E-state index is 4.86. The fourth-order valence-corrected chi connectivity index (χ4v) is 1.52. The fraction of sp³-hybridized carbons (Fsp3) is 0. The second-order valence-corrected chi connectivity index (χ2v) is 4.15. The van der Waals surface area contributed by atoms with Crippen LogP contribution in [0.25, 0.3) is 11.4 Å². The van der Waals surface area contributed by atoms with Gasteiger partial charge in [0, 0.05) is 9.13 Å². The molecule has 0 spiro atoms. The molecule has 1 aromatic heterocycles. The molecule has 0 bridgehead atoms. The number of aromatic nitrogens is 3. The summed E-state index contributed by atoms with van der Waals surface area (Å²) >= 11 is 7.12. The van der Waals surface area contributed by atoms with Crippen molar-refractivity contribution >= 4 is 34.8 Å². The van der Waals surface area contributed by atoms with Gasteiger partial charge in [-0.3, -0.25) is 10.2 Å². The largest absolute Gasteiger partial charge is 0.282 e. The molecule has 0 unspecified atom stereocenters. The Bertz CT molecular complexity index is 457. The number of rotatable bonds is 1. The first-order chi connectivity index (χ1) is 6.25. The van der Waals surface area contributed by atoms with E-state index >= 15 is 0 Å². The van der Waals surface area contributed by atoms with Gasteiger partial charge in [0.1, 0.15) is 0 Å². The lowest BCUT2D eigenvalue weighted by Gasteiger charge is -1.94. The number of halogens is 1. The predicted octanol–water partition coefficient (Wildman–Crippen LogP) is 2.74. The Balaban J connectivity index is 2.47. The molecule has 0 radical (unpaired) electrons. The highest BCUT2D eigenvalue weighted by atomic mass is 127. The van der Waals surface area contributed by atoms with E-state index in [1.807, 2.05) is 24.3 Å². The van der Waals surface area contributed by atoms with Gasteiger partial charge >= 0.3 is 0 Å². The van der Waals surface area contributed by atoms with Crippen LogP contribution in [-0.2, 0) is 0 Å². The fourth-order valence-electron chi connectivity index (χ4n) is 1.01. The third-order valence-corrected chi connectivity index (χ3v) is 2.53. The molecular weight excluding hydrogens is 297 g/mol. The molecule has 5 heteroatoms. The van der Waals surface area contributed by atoms with E-state index < -0.39 is 0 Å². The number of H-pyrrole nitrogens is 2. The van der Waals surface area contributed by atoms with Crippen molar-refractivity contribution in [1.29, 1.82) is 0 Å². The van der Waals surface area contributed by atoms with Crippen molar-refractivity contribution in [2.45, 2.75) is 0 Å². The first-order valence-electron chi connectivity index (χ1n) is 3.66. The summed E-state index contributed by atoms with van der Waals surface area (Å²) in [5.74, 6) is 0.779. The molecule has 13 heavy (non-hydrogen) atoms. The molecule has 0 aliphatic carbocycles. The monoisotopic (exact) mass is 303 g/mol. The van der Waals surface area contributed by atoms with Crippen LogP contribution in [0.5, 0.6) is 0 Å². The lowest BCUT2D eigenvalue weighted by Crippen LogP contribution is -1.80. The summed E-state index contributed by atoms with van der Waals surface area (Å²) < 4.78 is 1.68. The molecule has 1 aromatic carbocycles. The maximum absolute atomic E-state index is 4.86. The molecule has 2 aromatic rings. The molecule has 0 saturated heterocycles. The van der Waals surface area contributed by atoms with Gasteiger partial charge in [0.05, 0.1) is 0 Å². The van der Waals surface area contributed by atoms with Gasteiger partial charge in [-0.05, 0) is 46.9 Å². The summed E-state index contributed by atoms with van der Waals surface area (Å²) in [5, 5.41) is 5.66. The number of hydrogen-bond acceptors (Lipinski definition) is 2. The highest BCUT2D eigenvalue weighted by molar-refractivity contribution is 14.1. The Morgan fingerprint density at radius 1 is 1.15 bits per heavy atom. The average Bonchev–Trinajstić information content (AvgIpc) is 2.53. The van der Waals surface area contributed by atoms with E-state index in [4.69, 9.17) is 12.2 Å². The van der Waals surface area contributed by atoms with Crippen molar-refractivity contribution in [2.24, 2.45) is 0 Å². The molecule has 2 rings (SSSR count). The third-order valence-electron chi connectivity index (χ3n) is 1.62. The number of hydrogen-bond donors (Lipinski definition) is 2. The highest BCUT2D eigenvalue weighted by Gasteiger charge is 1.99. The van der Waals surface area contributed by atoms with Crippen LogP contribution in [0.4, 0.5) is 0 Å². The van der Waals surface area contributed by atoms with Crippen LogP contribution in [0.2, 0.25) is 0 Å². The van der Waals surface area contributed by atoms with Crippen molar-refractivity contribution in [3.05, 3.63) is 32.6 Å². The van der Waals surface area contributed by atoms with Crippen molar-refractivity contribution in [2.75, 3.05) is 0 Å². The molecule has 0 aliphatic rings. The molecule has 3 nitrogen and oxygen atoms in total. The Morgan fingerprint density at radius 3 is 2.38 bits per heavy atom. The lowest BCUT2D eigenvalue weighted by molar-refractivity contribution is 1.08. The molecule has 66 valence electrons. The molecular formula is C8H6IN3S. The SMILES string of the molecule is S=c1nc(-c2ccc(I)cc2)[nH][nH]1. The van der Waals surface area contributed by atoms with Crippen LogP contribution in [0.3, 0.4) is 0 Å². The topological polar surface area (TPSA) is 44.5 Å². The minimum absolute atomic E-state index is 0.480. The van der Waals surface area contributed by atoms with Crippen LogP contribution in [-0.4, -0.2) is 15.2 Å². The molecule has 0 fully saturated rings. The molecule has 0 aliphatic heterocycles. The normalized spacial score (nSPS) is 10.2. The van der Waals surface area contributed by atoms with E-state index in [1.54, 1.807) is 0 Å². The van der Waals surface area contributed by atoms with Crippen LogP contribution in [0.1, 0.15) is 0 Å². The van der Waals surface area contributed by atoms with Crippen LogP contribution < -0.4 is 0 Å². The lowest BCUT2D eigenvalue weighted by atomic mass is 10.2. The molecule has 0 amide bonds. The summed E-state index contributed by atoms with van der Waals surface area (Å²) in [5.41, 5.74) is 1.03. The Labute approximate surface area is 93.7 Å². The summed E-state index contributed by atoms with van der Waals surface area (Å²) in [7, 11) is 0. The van der Waals surface area contributed by atoms with Gasteiger partial charge in [-0.15, -0.1) is 0 Å². The van der Waals surface area contributed by atoms with Crippen molar-refractivity contribution in [3.63, 3.8) is 0 Å². The van der Waals surface area contributed by atoms with Gasteiger partial charge in [0.25, 0.3) is 0 Å². The van der Waals surface area contributed by atoms with Gasteiger partial charge in [-0.2, -0.15) is 4.98 Å². The maximum Gasteiger partial charge on any atom is 0.213 e. The smallest absolute Gasteiger partial charge is 0.213 e. The van der Waals surface area contributed by atoms with Gasteiger partial charge in [0.15, 0.2) is 5.82 Å². The van der Waals surface area contributed by atoms with E-state index in [1.165, 1.54) is 3.57 Å². The van der Waals surface area contributed by atoms with Gasteiger partial charge < -0.3 is 0 Å². The van der Waals surface area contributed by atoms with Gasteiger partial charge in [-0.1, -0.05) is 12.1 Å². The van der Waals surface area contributed by atoms with E-state index in [0.717, 1.165) is 11.4 Å². The van der Waals surface area contributed by atoms with E-state index in [9.17, 15) is 0 Å². The predicted molar refractivity (Wildman–Crippen MR) is 61.9 cm³/mol. The van der Waals surface area contributed by atoms with Crippen molar-refractivity contribution < 1.29 is 0 Å². The quantitative estimate of drug-likeness (QED) is 0.628. The zero-order valence-electron chi connectivity index (χ0n) is 6.54. The standard InChI is InChI=1S/C8H6IN3S/c9-6-3-1-5(2-4-6)7-10-8(13)12-11-7/h1-4H,(H2,10,11,12,13). The first kappa shape index (κ1) is 8.89. The zero-order valence-corrected chi connectivity index (χ0v) is 9.52. The Kier molecular flexibility index (Phi) is 2.45. The number of nitrogens with zero attached hydrogens (tertiary/aromatic N) is 1. The van der Waals surface area contributed by atoms with Crippen molar-refractivity contribution in [3.8, 4) is 11.4 Å². The van der Waals surface area contributed by atoms with E-state index in [-0.39, 0.29) is 0 Å². The average molecular weight is 303 g/mol. The van der Waals surface area contributed by atoms with E-state index in [0.29, 0.717) is 4.77 Å². The summed E-state index contributed by atoms with van der Waals surface area (Å²) in [4.78, 5) is 4.11. The molecule has 0 saturated carbocycles. The van der Waals surface area contributed by atoms with Gasteiger partial charge in [-0.25, -0.2) is 0 Å². The second kappa shape index (κ2) is 3.59. The molecule has 2 N–H and O–H groups in total. The Hall–Kier alpha value is -0.690. The minimum atomic E-state index is 0.480. The molecule has 1 heterocycles. The second-order valence-electron chi connectivity index (χ2n) is 2.52. The van der Waals surface area contributed by atoms with Gasteiger partial charge in [0.2, 0.25) is 4.77 Å².